The quantitative estimate of drug-likeness (QED) is 0.554. The molecule has 0 saturated heterocycles. The van der Waals surface area contributed by atoms with Crippen molar-refractivity contribution >= 4 is 5.69 Å². The molecule has 0 bridgehead atoms. The highest BCUT2D eigenvalue weighted by Gasteiger charge is 2.24. The Kier molecular flexibility index (Phi) is 3.08. The third kappa shape index (κ3) is 1.81. The van der Waals surface area contributed by atoms with Crippen molar-refractivity contribution in [2.75, 3.05) is 14.2 Å². The van der Waals surface area contributed by atoms with E-state index in [1.165, 1.54) is 26.4 Å². The van der Waals surface area contributed by atoms with Gasteiger partial charge in [0, 0.05) is 0 Å². The zero-order valence-electron chi connectivity index (χ0n) is 8.18. The van der Waals surface area contributed by atoms with Crippen LogP contribution in [0, 0.1) is 21.4 Å². The number of hydrogen-bond donors (Lipinski definition) is 0. The lowest BCUT2D eigenvalue weighted by Gasteiger charge is -2.06. The van der Waals surface area contributed by atoms with Crippen LogP contribution in [0.1, 0.15) is 5.56 Å². The molecule has 0 aromatic heterocycles. The zero-order valence-corrected chi connectivity index (χ0v) is 8.18. The van der Waals surface area contributed by atoms with Gasteiger partial charge in [-0.2, -0.15) is 5.26 Å². The zero-order chi connectivity index (χ0) is 11.4. The minimum Gasteiger partial charge on any atom is -0.495 e. The molecule has 1 aromatic rings. The molecule has 0 N–H and O–H groups in total. The van der Waals surface area contributed by atoms with Gasteiger partial charge < -0.3 is 9.47 Å². The second-order valence-corrected chi connectivity index (χ2v) is 2.56. The van der Waals surface area contributed by atoms with Crippen molar-refractivity contribution < 1.29 is 14.4 Å². The van der Waals surface area contributed by atoms with Gasteiger partial charge >= 0.3 is 5.69 Å². The summed E-state index contributed by atoms with van der Waals surface area (Å²) in [5.74, 6) is 0.197. The van der Waals surface area contributed by atoms with Gasteiger partial charge in [-0.25, -0.2) is 0 Å². The van der Waals surface area contributed by atoms with Crippen LogP contribution in [0.5, 0.6) is 11.5 Å². The summed E-state index contributed by atoms with van der Waals surface area (Å²) in [6, 6.07) is 4.56. The summed E-state index contributed by atoms with van der Waals surface area (Å²) >= 11 is 0. The van der Waals surface area contributed by atoms with Crippen LogP contribution in [0.15, 0.2) is 12.1 Å². The minimum atomic E-state index is -0.667. The SMILES string of the molecule is COc1ccc(OC)c([N+](=O)[O-])c1C#N. The van der Waals surface area contributed by atoms with Gasteiger partial charge in [-0.15, -0.1) is 0 Å². The van der Waals surface area contributed by atoms with Crippen molar-refractivity contribution in [3.8, 4) is 17.6 Å². The first kappa shape index (κ1) is 10.8. The number of nitrogens with zero attached hydrogens (tertiary/aromatic N) is 2. The Morgan fingerprint density at radius 3 is 2.27 bits per heavy atom. The third-order valence-electron chi connectivity index (χ3n) is 1.84. The molecule has 78 valence electrons. The molecule has 0 fully saturated rings. The van der Waals surface area contributed by atoms with Crippen molar-refractivity contribution in [2.24, 2.45) is 0 Å². The maximum absolute atomic E-state index is 10.7. The van der Waals surface area contributed by atoms with E-state index in [1.807, 2.05) is 0 Å². The molecule has 6 heteroatoms. The third-order valence-corrected chi connectivity index (χ3v) is 1.84. The molecule has 0 spiro atoms. The molecule has 0 aliphatic rings. The highest BCUT2D eigenvalue weighted by atomic mass is 16.6. The number of hydrogen-bond acceptors (Lipinski definition) is 5. The summed E-state index contributed by atoms with van der Waals surface area (Å²) in [5.41, 5.74) is -0.513. The van der Waals surface area contributed by atoms with E-state index in [4.69, 9.17) is 14.7 Å². The fourth-order valence-corrected chi connectivity index (χ4v) is 1.18. The molecule has 15 heavy (non-hydrogen) atoms. The minimum absolute atomic E-state index is 0.0392. The molecule has 0 aliphatic heterocycles. The van der Waals surface area contributed by atoms with Crippen LogP contribution >= 0.6 is 0 Å². The van der Waals surface area contributed by atoms with Crippen molar-refractivity contribution in [3.05, 3.63) is 27.8 Å². The Balaban J connectivity index is 3.53. The van der Waals surface area contributed by atoms with E-state index in [9.17, 15) is 10.1 Å². The van der Waals surface area contributed by atoms with Crippen molar-refractivity contribution in [3.63, 3.8) is 0 Å². The standard InChI is InChI=1S/C9H8N2O4/c1-14-7-3-4-8(15-2)9(11(12)13)6(7)5-10/h3-4H,1-2H3. The van der Waals surface area contributed by atoms with Gasteiger partial charge in [0.05, 0.1) is 19.1 Å². The molecule has 6 nitrogen and oxygen atoms in total. The van der Waals surface area contributed by atoms with Crippen LogP contribution in [-0.2, 0) is 0 Å². The first-order valence-corrected chi connectivity index (χ1v) is 3.95. The van der Waals surface area contributed by atoms with Crippen molar-refractivity contribution in [1.29, 1.82) is 5.26 Å². The summed E-state index contributed by atoms with van der Waals surface area (Å²) in [7, 11) is 2.64. The first-order valence-electron chi connectivity index (χ1n) is 3.95. The van der Waals surface area contributed by atoms with Crippen molar-refractivity contribution in [1.82, 2.24) is 0 Å². The Bertz CT molecular complexity index is 436. The lowest BCUT2D eigenvalue weighted by atomic mass is 10.1. The Morgan fingerprint density at radius 1 is 1.33 bits per heavy atom. The monoisotopic (exact) mass is 208 g/mol. The van der Waals surface area contributed by atoms with Crippen LogP contribution < -0.4 is 9.47 Å². The normalized spacial score (nSPS) is 9.13. The summed E-state index contributed by atoms with van der Waals surface area (Å²) in [6.45, 7) is 0. The van der Waals surface area contributed by atoms with Gasteiger partial charge in [0.15, 0.2) is 11.3 Å². The number of ether oxygens (including phenoxy) is 2. The lowest BCUT2D eigenvalue weighted by Crippen LogP contribution is -1.99. The van der Waals surface area contributed by atoms with E-state index in [2.05, 4.69) is 0 Å². The van der Waals surface area contributed by atoms with Crippen LogP contribution in [0.3, 0.4) is 0 Å². The molecule has 0 saturated carbocycles. The number of nitriles is 1. The predicted octanol–water partition coefficient (Wildman–Crippen LogP) is 1.48. The number of benzene rings is 1. The topological polar surface area (TPSA) is 85.4 Å². The fourth-order valence-electron chi connectivity index (χ4n) is 1.18. The smallest absolute Gasteiger partial charge is 0.332 e. The molecule has 0 amide bonds. The Hall–Kier alpha value is -2.29. The largest absolute Gasteiger partial charge is 0.495 e. The summed E-state index contributed by atoms with van der Waals surface area (Å²) < 4.78 is 9.64. The Morgan fingerprint density at radius 2 is 1.87 bits per heavy atom. The number of nitro benzene ring substituents is 1. The maximum Gasteiger partial charge on any atom is 0.332 e. The van der Waals surface area contributed by atoms with E-state index in [0.717, 1.165) is 0 Å². The molecular weight excluding hydrogens is 200 g/mol. The van der Waals surface area contributed by atoms with E-state index < -0.39 is 4.92 Å². The molecular formula is C9H8N2O4. The molecule has 0 unspecified atom stereocenters. The summed E-state index contributed by atoms with van der Waals surface area (Å²) in [6.07, 6.45) is 0. The van der Waals surface area contributed by atoms with Crippen LogP contribution in [0.2, 0.25) is 0 Å². The number of rotatable bonds is 3. The highest BCUT2D eigenvalue weighted by Crippen LogP contribution is 2.36. The van der Waals surface area contributed by atoms with Crippen molar-refractivity contribution in [2.45, 2.75) is 0 Å². The second kappa shape index (κ2) is 4.28. The molecule has 0 aliphatic carbocycles. The van der Waals surface area contributed by atoms with Gasteiger partial charge in [0.2, 0.25) is 0 Å². The van der Waals surface area contributed by atoms with E-state index in [-0.39, 0.29) is 22.7 Å². The average Bonchev–Trinajstić information content (AvgIpc) is 2.26. The maximum atomic E-state index is 10.7. The molecule has 0 atom stereocenters. The Labute approximate surface area is 85.8 Å². The second-order valence-electron chi connectivity index (χ2n) is 2.56. The summed E-state index contributed by atoms with van der Waals surface area (Å²) in [5, 5.41) is 19.6. The van der Waals surface area contributed by atoms with Crippen LogP contribution in [0.4, 0.5) is 5.69 Å². The van der Waals surface area contributed by atoms with Gasteiger partial charge in [-0.3, -0.25) is 10.1 Å². The highest BCUT2D eigenvalue weighted by molar-refractivity contribution is 5.64. The van der Waals surface area contributed by atoms with E-state index >= 15 is 0 Å². The first-order chi connectivity index (χ1) is 7.15. The van der Waals surface area contributed by atoms with E-state index in [0.29, 0.717) is 0 Å². The predicted molar refractivity (Wildman–Crippen MR) is 50.9 cm³/mol. The van der Waals surface area contributed by atoms with Crippen LogP contribution in [0.25, 0.3) is 0 Å². The number of nitro groups is 1. The van der Waals surface area contributed by atoms with Gasteiger partial charge in [0.1, 0.15) is 11.8 Å². The molecule has 1 rings (SSSR count). The van der Waals surface area contributed by atoms with Gasteiger partial charge in [0.25, 0.3) is 0 Å². The van der Waals surface area contributed by atoms with Gasteiger partial charge in [-0.05, 0) is 12.1 Å². The number of methoxy groups -OCH3 is 2. The molecule has 0 radical (unpaired) electrons. The molecule has 1 aromatic carbocycles. The van der Waals surface area contributed by atoms with Crippen LogP contribution in [-0.4, -0.2) is 19.1 Å². The fraction of sp³-hybridized carbons (Fsp3) is 0.222. The van der Waals surface area contributed by atoms with E-state index in [1.54, 1.807) is 6.07 Å². The molecule has 0 heterocycles. The van der Waals surface area contributed by atoms with Gasteiger partial charge in [-0.1, -0.05) is 0 Å². The summed E-state index contributed by atoms with van der Waals surface area (Å²) in [4.78, 5) is 10.1. The average molecular weight is 208 g/mol. The lowest BCUT2D eigenvalue weighted by molar-refractivity contribution is -0.386.